The number of hydrogen-bond donors (Lipinski definition) is 3. The van der Waals surface area contributed by atoms with Crippen LogP contribution < -0.4 is 5.32 Å². The molecule has 86 heavy (non-hydrogen) atoms. The first-order valence-corrected chi connectivity index (χ1v) is 39.9. The van der Waals surface area contributed by atoms with Crippen molar-refractivity contribution in [2.45, 2.75) is 475 Å². The number of aliphatic hydroxyl groups is 2. The molecule has 0 saturated carbocycles. The third kappa shape index (κ3) is 71.7. The molecule has 0 radical (unpaired) electrons. The van der Waals surface area contributed by atoms with Crippen LogP contribution in [0.3, 0.4) is 0 Å². The zero-order chi connectivity index (χ0) is 62.0. The number of amides is 1. The van der Waals surface area contributed by atoms with Crippen molar-refractivity contribution in [1.29, 1.82) is 0 Å². The van der Waals surface area contributed by atoms with Gasteiger partial charge in [-0.2, -0.15) is 0 Å². The standard InChI is InChI=1S/C80H157NO5/c1-3-5-7-9-11-13-15-17-19-20-38-42-46-50-54-58-62-66-70-74-80(85)86-75-71-67-63-59-55-51-47-43-40-37-35-33-31-29-27-25-23-21-22-24-26-28-30-32-34-36-39-41-45-49-53-57-61-65-69-73-79(84)81-77(76-82)78(83)72-68-64-60-56-52-48-44-18-16-14-12-10-8-6-4-2/h23,25,77-78,82-83H,3-22,24,26-76H2,1-2H3,(H,81,84)/b25-23-. The summed E-state index contributed by atoms with van der Waals surface area (Å²) in [5.41, 5.74) is 0. The van der Waals surface area contributed by atoms with Crippen molar-refractivity contribution in [2.24, 2.45) is 0 Å². The fourth-order valence-electron chi connectivity index (χ4n) is 13.0. The molecule has 1 amide bonds. The molecule has 6 nitrogen and oxygen atoms in total. The van der Waals surface area contributed by atoms with Crippen molar-refractivity contribution in [1.82, 2.24) is 5.32 Å². The van der Waals surface area contributed by atoms with Gasteiger partial charge in [0.2, 0.25) is 5.91 Å². The van der Waals surface area contributed by atoms with E-state index < -0.39 is 12.1 Å². The monoisotopic (exact) mass is 1210 g/mol. The van der Waals surface area contributed by atoms with E-state index in [1.54, 1.807) is 0 Å². The summed E-state index contributed by atoms with van der Waals surface area (Å²) in [4.78, 5) is 24.7. The van der Waals surface area contributed by atoms with Crippen molar-refractivity contribution in [3.8, 4) is 0 Å². The Hall–Kier alpha value is -1.40. The summed E-state index contributed by atoms with van der Waals surface area (Å²) in [7, 11) is 0. The molecule has 3 N–H and O–H groups in total. The lowest BCUT2D eigenvalue weighted by molar-refractivity contribution is -0.143. The molecule has 0 aromatic heterocycles. The number of unbranched alkanes of at least 4 members (excludes halogenated alkanes) is 63. The van der Waals surface area contributed by atoms with E-state index in [0.29, 0.717) is 25.9 Å². The van der Waals surface area contributed by atoms with Gasteiger partial charge in [0.25, 0.3) is 0 Å². The van der Waals surface area contributed by atoms with Gasteiger partial charge in [-0.3, -0.25) is 9.59 Å². The molecular formula is C80H157NO5. The number of esters is 1. The molecule has 0 aliphatic heterocycles. The number of carbonyl (C=O) groups excluding carboxylic acids is 2. The quantitative estimate of drug-likeness (QED) is 0.0320. The van der Waals surface area contributed by atoms with E-state index in [0.717, 1.165) is 38.5 Å². The predicted octanol–water partition coefficient (Wildman–Crippen LogP) is 26.3. The second-order valence-electron chi connectivity index (χ2n) is 27.8. The lowest BCUT2D eigenvalue weighted by Gasteiger charge is -2.22. The van der Waals surface area contributed by atoms with Gasteiger partial charge in [-0.15, -0.1) is 0 Å². The average molecular weight is 1210 g/mol. The highest BCUT2D eigenvalue weighted by Gasteiger charge is 2.20. The van der Waals surface area contributed by atoms with Crippen molar-refractivity contribution in [2.75, 3.05) is 13.2 Å². The molecule has 2 unspecified atom stereocenters. The minimum Gasteiger partial charge on any atom is -0.466 e. The van der Waals surface area contributed by atoms with Gasteiger partial charge in [-0.05, 0) is 51.4 Å². The first kappa shape index (κ1) is 84.6. The van der Waals surface area contributed by atoms with Crippen LogP contribution in [0.2, 0.25) is 0 Å². The van der Waals surface area contributed by atoms with Crippen LogP contribution in [0, 0.1) is 0 Å². The second kappa shape index (κ2) is 76.1. The maximum Gasteiger partial charge on any atom is 0.305 e. The molecule has 0 rings (SSSR count). The van der Waals surface area contributed by atoms with Gasteiger partial charge in [-0.1, -0.05) is 411 Å². The minimum atomic E-state index is -0.661. The second-order valence-corrected chi connectivity index (χ2v) is 27.8. The zero-order valence-electron chi connectivity index (χ0n) is 58.8. The molecule has 6 heteroatoms. The molecule has 0 heterocycles. The molecule has 0 aliphatic rings. The molecule has 2 atom stereocenters. The number of rotatable bonds is 76. The lowest BCUT2D eigenvalue weighted by atomic mass is 10.0. The molecular weight excluding hydrogens is 1050 g/mol. The fourth-order valence-corrected chi connectivity index (χ4v) is 13.0. The summed E-state index contributed by atoms with van der Waals surface area (Å²) in [6.07, 6.45) is 96.0. The van der Waals surface area contributed by atoms with E-state index in [2.05, 4.69) is 31.3 Å². The number of aliphatic hydroxyl groups excluding tert-OH is 2. The van der Waals surface area contributed by atoms with Crippen LogP contribution in [-0.4, -0.2) is 47.4 Å². The molecule has 0 saturated heterocycles. The molecule has 0 aromatic carbocycles. The van der Waals surface area contributed by atoms with E-state index in [9.17, 15) is 19.8 Å². The highest BCUT2D eigenvalue weighted by Crippen LogP contribution is 2.20. The van der Waals surface area contributed by atoms with Crippen LogP contribution in [0.15, 0.2) is 12.2 Å². The van der Waals surface area contributed by atoms with Gasteiger partial charge < -0.3 is 20.3 Å². The molecule has 512 valence electrons. The first-order valence-electron chi connectivity index (χ1n) is 39.9. The zero-order valence-corrected chi connectivity index (χ0v) is 58.8. The van der Waals surface area contributed by atoms with Gasteiger partial charge in [-0.25, -0.2) is 0 Å². The van der Waals surface area contributed by atoms with Crippen LogP contribution in [0.5, 0.6) is 0 Å². The lowest BCUT2D eigenvalue weighted by Crippen LogP contribution is -2.45. The van der Waals surface area contributed by atoms with Crippen LogP contribution >= 0.6 is 0 Å². The summed E-state index contributed by atoms with van der Waals surface area (Å²) in [5.74, 6) is -0.00122. The summed E-state index contributed by atoms with van der Waals surface area (Å²) in [6, 6.07) is -0.538. The summed E-state index contributed by atoms with van der Waals surface area (Å²) in [6.45, 7) is 5.01. The van der Waals surface area contributed by atoms with Crippen molar-refractivity contribution in [3.63, 3.8) is 0 Å². The van der Waals surface area contributed by atoms with Gasteiger partial charge in [0, 0.05) is 12.8 Å². The third-order valence-electron chi connectivity index (χ3n) is 19.1. The maximum absolute atomic E-state index is 12.5. The van der Waals surface area contributed by atoms with Crippen molar-refractivity contribution in [3.05, 3.63) is 12.2 Å². The smallest absolute Gasteiger partial charge is 0.305 e. The largest absolute Gasteiger partial charge is 0.466 e. The van der Waals surface area contributed by atoms with E-state index in [1.807, 2.05) is 0 Å². The molecule has 0 aromatic rings. The number of ether oxygens (including phenoxy) is 1. The Labute approximate surface area is 539 Å². The van der Waals surface area contributed by atoms with Crippen LogP contribution in [0.4, 0.5) is 0 Å². The first-order chi connectivity index (χ1) is 42.5. The van der Waals surface area contributed by atoms with Gasteiger partial charge in [0.1, 0.15) is 0 Å². The highest BCUT2D eigenvalue weighted by atomic mass is 16.5. The molecule has 0 spiro atoms. The minimum absolute atomic E-state index is 0.0263. The Balaban J connectivity index is 3.31. The predicted molar refractivity (Wildman–Crippen MR) is 380 cm³/mol. The molecule has 0 fully saturated rings. The van der Waals surface area contributed by atoms with E-state index in [4.69, 9.17) is 4.74 Å². The normalized spacial score (nSPS) is 12.5. The van der Waals surface area contributed by atoms with Gasteiger partial charge in [0.15, 0.2) is 0 Å². The van der Waals surface area contributed by atoms with E-state index >= 15 is 0 Å². The van der Waals surface area contributed by atoms with E-state index in [-0.39, 0.29) is 18.5 Å². The Morgan fingerprint density at radius 1 is 0.314 bits per heavy atom. The highest BCUT2D eigenvalue weighted by molar-refractivity contribution is 5.76. The van der Waals surface area contributed by atoms with Crippen LogP contribution in [0.1, 0.15) is 463 Å². The third-order valence-corrected chi connectivity index (χ3v) is 19.1. The fraction of sp³-hybridized carbons (Fsp3) is 0.950. The van der Waals surface area contributed by atoms with Crippen LogP contribution in [0.25, 0.3) is 0 Å². The Morgan fingerprint density at radius 3 is 0.826 bits per heavy atom. The maximum atomic E-state index is 12.5. The van der Waals surface area contributed by atoms with Crippen molar-refractivity contribution < 1.29 is 24.5 Å². The topological polar surface area (TPSA) is 95.9 Å². The van der Waals surface area contributed by atoms with Gasteiger partial charge >= 0.3 is 5.97 Å². The summed E-state index contributed by atoms with van der Waals surface area (Å²) in [5, 5.41) is 23.4. The Morgan fingerprint density at radius 2 is 0.547 bits per heavy atom. The average Bonchev–Trinajstić information content (AvgIpc) is 3.54. The SMILES string of the molecule is CCCCCCCCCCCCCCCCCCCCCC(=O)OCCCCCCCCCCCCCCCC/C=C\CCCCCCCCCCCCCCCCCCCC(=O)NC(CO)C(O)CCCCCCCCCCCCCCCCC. The van der Waals surface area contributed by atoms with Gasteiger partial charge in [0.05, 0.1) is 25.4 Å². The van der Waals surface area contributed by atoms with Crippen molar-refractivity contribution >= 4 is 11.9 Å². The number of hydrogen-bond acceptors (Lipinski definition) is 5. The molecule has 0 aliphatic carbocycles. The number of allylic oxidation sites excluding steroid dienone is 2. The Kier molecular flexibility index (Phi) is 74.8. The van der Waals surface area contributed by atoms with E-state index in [1.165, 1.54) is 392 Å². The summed E-state index contributed by atoms with van der Waals surface area (Å²) >= 11 is 0. The number of carbonyl (C=O) groups is 2. The Bertz CT molecular complexity index is 1300. The number of nitrogens with one attached hydrogen (secondary N) is 1. The van der Waals surface area contributed by atoms with Crippen LogP contribution in [-0.2, 0) is 14.3 Å². The molecule has 0 bridgehead atoms. The summed E-state index contributed by atoms with van der Waals surface area (Å²) < 4.78 is 5.52.